The zero-order valence-corrected chi connectivity index (χ0v) is 23.9. The number of alkyl halides is 3. The van der Waals surface area contributed by atoms with Gasteiger partial charge in [0.1, 0.15) is 0 Å². The molecular weight excluding hydrogens is 581 g/mol. The second-order valence-electron chi connectivity index (χ2n) is 10.7. The van der Waals surface area contributed by atoms with Crippen LogP contribution in [0.3, 0.4) is 0 Å². The van der Waals surface area contributed by atoms with Crippen molar-refractivity contribution in [2.24, 2.45) is 0 Å². The van der Waals surface area contributed by atoms with Gasteiger partial charge in [-0.15, -0.1) is 0 Å². The molecular formula is C35H27F3N4O3. The summed E-state index contributed by atoms with van der Waals surface area (Å²) in [5.74, 6) is -2.65. The lowest BCUT2D eigenvalue weighted by atomic mass is 9.96. The van der Waals surface area contributed by atoms with E-state index in [9.17, 15) is 18.0 Å². The van der Waals surface area contributed by atoms with Crippen LogP contribution in [-0.4, -0.2) is 49.1 Å². The van der Waals surface area contributed by atoms with Gasteiger partial charge < -0.3 is 14.6 Å². The number of carboxylic acids is 1. The largest absolute Gasteiger partial charge is 0.490 e. The molecule has 0 unspecified atom stereocenters. The van der Waals surface area contributed by atoms with Crippen molar-refractivity contribution in [2.75, 3.05) is 6.54 Å². The van der Waals surface area contributed by atoms with Crippen molar-refractivity contribution >= 4 is 33.7 Å². The Kier molecular flexibility index (Phi) is 8.04. The monoisotopic (exact) mass is 608 g/mol. The lowest BCUT2D eigenvalue weighted by Crippen LogP contribution is -2.26. The Labute approximate surface area is 256 Å². The summed E-state index contributed by atoms with van der Waals surface area (Å²) >= 11 is 0. The van der Waals surface area contributed by atoms with E-state index < -0.39 is 12.1 Å². The molecule has 0 aliphatic carbocycles. The maximum Gasteiger partial charge on any atom is 0.490 e. The number of hydrogen-bond acceptors (Lipinski definition) is 4. The van der Waals surface area contributed by atoms with Crippen molar-refractivity contribution in [1.29, 1.82) is 0 Å². The second-order valence-corrected chi connectivity index (χ2v) is 10.7. The lowest BCUT2D eigenvalue weighted by molar-refractivity contribution is -0.192. The Hall–Kier alpha value is -5.51. The van der Waals surface area contributed by atoms with E-state index in [0.717, 1.165) is 51.8 Å². The van der Waals surface area contributed by atoms with Crippen LogP contribution in [0.5, 0.6) is 0 Å². The molecule has 6 aromatic rings. The molecule has 0 bridgehead atoms. The predicted octanol–water partition coefficient (Wildman–Crippen LogP) is 7.13. The van der Waals surface area contributed by atoms with Crippen LogP contribution in [0.4, 0.5) is 13.2 Å². The Morgan fingerprint density at radius 1 is 0.889 bits per heavy atom. The highest BCUT2D eigenvalue weighted by Crippen LogP contribution is 2.34. The molecule has 0 atom stereocenters. The van der Waals surface area contributed by atoms with Gasteiger partial charge in [0.05, 0.1) is 11.1 Å². The molecule has 0 saturated carbocycles. The summed E-state index contributed by atoms with van der Waals surface area (Å²) in [5.41, 5.74) is 8.39. The molecule has 4 heterocycles. The number of carbonyl (C=O) groups excluding carboxylic acids is 1. The van der Waals surface area contributed by atoms with Crippen LogP contribution in [0.2, 0.25) is 0 Å². The number of pyridine rings is 2. The van der Waals surface area contributed by atoms with Gasteiger partial charge in [-0.1, -0.05) is 48.5 Å². The molecule has 7 rings (SSSR count). The van der Waals surface area contributed by atoms with E-state index in [2.05, 4.69) is 76.4 Å². The third-order valence-electron chi connectivity index (χ3n) is 7.73. The van der Waals surface area contributed by atoms with Crippen LogP contribution >= 0.6 is 0 Å². The van der Waals surface area contributed by atoms with Gasteiger partial charge in [0.25, 0.3) is 5.91 Å². The van der Waals surface area contributed by atoms with Gasteiger partial charge in [-0.25, -0.2) is 4.79 Å². The van der Waals surface area contributed by atoms with Crippen molar-refractivity contribution in [3.8, 4) is 11.1 Å². The molecule has 1 aliphatic heterocycles. The molecule has 10 heteroatoms. The SMILES string of the molecule is O=C(O)C(F)(F)F.O=C1c2c(cccc2-c2ccc3c(ccn3Cc3ccncc3)c2)CN1CCc1ccc2ccccc2n1. The average molecular weight is 609 g/mol. The minimum absolute atomic E-state index is 0.103. The maximum atomic E-state index is 13.6. The molecule has 3 aromatic heterocycles. The molecule has 0 spiro atoms. The summed E-state index contributed by atoms with van der Waals surface area (Å²) in [7, 11) is 0. The molecule has 45 heavy (non-hydrogen) atoms. The van der Waals surface area contributed by atoms with Crippen LogP contribution in [-0.2, 0) is 24.3 Å². The molecule has 1 amide bonds. The summed E-state index contributed by atoms with van der Waals surface area (Å²) in [5, 5.41) is 9.43. The maximum absolute atomic E-state index is 13.6. The minimum atomic E-state index is -5.08. The van der Waals surface area contributed by atoms with E-state index in [4.69, 9.17) is 14.9 Å². The summed E-state index contributed by atoms with van der Waals surface area (Å²) in [6, 6.07) is 31.2. The normalized spacial score (nSPS) is 12.7. The molecule has 0 radical (unpaired) electrons. The van der Waals surface area contributed by atoms with Crippen LogP contribution in [0.1, 0.15) is 27.2 Å². The van der Waals surface area contributed by atoms with E-state index in [0.29, 0.717) is 13.1 Å². The van der Waals surface area contributed by atoms with E-state index >= 15 is 0 Å². The van der Waals surface area contributed by atoms with E-state index in [-0.39, 0.29) is 5.91 Å². The van der Waals surface area contributed by atoms with Crippen molar-refractivity contribution in [3.63, 3.8) is 0 Å². The zero-order valence-electron chi connectivity index (χ0n) is 23.9. The number of hydrogen-bond donors (Lipinski definition) is 1. The molecule has 0 saturated heterocycles. The summed E-state index contributed by atoms with van der Waals surface area (Å²) in [4.78, 5) is 33.3. The number of amides is 1. The first-order valence-corrected chi connectivity index (χ1v) is 14.2. The van der Waals surface area contributed by atoms with E-state index in [1.807, 2.05) is 47.6 Å². The van der Waals surface area contributed by atoms with Crippen molar-refractivity contribution in [1.82, 2.24) is 19.4 Å². The third kappa shape index (κ3) is 6.40. The third-order valence-corrected chi connectivity index (χ3v) is 7.73. The number of halogens is 3. The van der Waals surface area contributed by atoms with Crippen LogP contribution in [0.25, 0.3) is 32.9 Å². The average Bonchev–Trinajstić information content (AvgIpc) is 3.59. The zero-order chi connectivity index (χ0) is 31.6. The summed E-state index contributed by atoms with van der Waals surface area (Å²) < 4.78 is 34.0. The van der Waals surface area contributed by atoms with Gasteiger partial charge in [-0.05, 0) is 64.7 Å². The molecule has 226 valence electrons. The number of aliphatic carboxylic acids is 1. The number of nitrogens with zero attached hydrogens (tertiary/aromatic N) is 4. The fourth-order valence-electron chi connectivity index (χ4n) is 5.53. The first-order valence-electron chi connectivity index (χ1n) is 14.2. The van der Waals surface area contributed by atoms with Crippen LogP contribution in [0, 0.1) is 0 Å². The molecule has 3 aromatic carbocycles. The van der Waals surface area contributed by atoms with Crippen molar-refractivity contribution < 1.29 is 27.9 Å². The second kappa shape index (κ2) is 12.2. The number of carboxylic acid groups (broad SMARTS) is 1. The quantitative estimate of drug-likeness (QED) is 0.217. The highest BCUT2D eigenvalue weighted by molar-refractivity contribution is 6.05. The fraction of sp³-hybridized carbons (Fsp3) is 0.143. The lowest BCUT2D eigenvalue weighted by Gasteiger charge is -2.15. The molecule has 7 nitrogen and oxygen atoms in total. The summed E-state index contributed by atoms with van der Waals surface area (Å²) in [6.07, 6.45) is 1.43. The Morgan fingerprint density at radius 3 is 2.44 bits per heavy atom. The highest BCUT2D eigenvalue weighted by Gasteiger charge is 2.38. The number of para-hydroxylation sites is 1. The van der Waals surface area contributed by atoms with E-state index in [1.54, 1.807) is 0 Å². The van der Waals surface area contributed by atoms with Gasteiger partial charge in [-0.3, -0.25) is 14.8 Å². The number of fused-ring (bicyclic) bond motifs is 3. The Morgan fingerprint density at radius 2 is 1.67 bits per heavy atom. The van der Waals surface area contributed by atoms with Gasteiger partial charge in [0.15, 0.2) is 0 Å². The van der Waals surface area contributed by atoms with Crippen molar-refractivity contribution in [2.45, 2.75) is 25.7 Å². The molecule has 1 N–H and O–H groups in total. The van der Waals surface area contributed by atoms with Gasteiger partial charge in [0.2, 0.25) is 0 Å². The van der Waals surface area contributed by atoms with Gasteiger partial charge in [0, 0.05) is 66.6 Å². The number of benzene rings is 3. The van der Waals surface area contributed by atoms with E-state index in [1.165, 1.54) is 16.5 Å². The Bertz CT molecular complexity index is 2020. The van der Waals surface area contributed by atoms with Crippen LogP contribution < -0.4 is 0 Å². The first-order chi connectivity index (χ1) is 21.7. The number of carbonyl (C=O) groups is 2. The fourth-order valence-corrected chi connectivity index (χ4v) is 5.53. The molecule has 0 fully saturated rings. The Balaban J connectivity index is 0.000000460. The standard InChI is InChI=1S/C33H26N4O.C2HF3O2/c38-33-32-27(22-37(33)19-15-28-10-8-24-4-1-2-7-30(24)35-28)5-3-6-29(32)25-9-11-31-26(20-25)14-18-36(31)21-23-12-16-34-17-13-23;3-2(4,5)1(6)7/h1-14,16-18,20H,15,19,21-22H2;(H,6,7). The van der Waals surface area contributed by atoms with Crippen molar-refractivity contribution in [3.05, 3.63) is 132 Å². The smallest absolute Gasteiger partial charge is 0.475 e. The highest BCUT2D eigenvalue weighted by atomic mass is 19.4. The predicted molar refractivity (Wildman–Crippen MR) is 165 cm³/mol. The first kappa shape index (κ1) is 29.6. The summed E-state index contributed by atoms with van der Waals surface area (Å²) in [6.45, 7) is 2.08. The minimum Gasteiger partial charge on any atom is -0.475 e. The van der Waals surface area contributed by atoms with Gasteiger partial charge in [-0.2, -0.15) is 13.2 Å². The number of aromatic nitrogens is 3. The van der Waals surface area contributed by atoms with Crippen LogP contribution in [0.15, 0.2) is 110 Å². The molecule has 1 aliphatic rings. The topological polar surface area (TPSA) is 88.3 Å². The van der Waals surface area contributed by atoms with Gasteiger partial charge >= 0.3 is 12.1 Å². The number of rotatable bonds is 6.